The lowest BCUT2D eigenvalue weighted by Gasteiger charge is -2.12. The zero-order valence-corrected chi connectivity index (χ0v) is 11.5. The molecular formula is C16H17F2NO. The summed E-state index contributed by atoms with van der Waals surface area (Å²) >= 11 is 0. The van der Waals surface area contributed by atoms with Gasteiger partial charge in [0.05, 0.1) is 6.61 Å². The third-order valence-corrected chi connectivity index (χ3v) is 3.01. The Morgan fingerprint density at radius 2 is 1.95 bits per heavy atom. The topological polar surface area (TPSA) is 21.3 Å². The third-order valence-electron chi connectivity index (χ3n) is 3.01. The van der Waals surface area contributed by atoms with E-state index in [1.54, 1.807) is 6.07 Å². The fraction of sp³-hybridized carbons (Fsp3) is 0.250. The molecule has 0 aliphatic carbocycles. The van der Waals surface area contributed by atoms with Crippen molar-refractivity contribution in [1.82, 2.24) is 0 Å². The molecule has 2 nitrogen and oxygen atoms in total. The van der Waals surface area contributed by atoms with Crippen LogP contribution in [-0.2, 0) is 6.54 Å². The third kappa shape index (κ3) is 3.26. The van der Waals surface area contributed by atoms with Gasteiger partial charge in [-0.2, -0.15) is 0 Å². The Labute approximate surface area is 117 Å². The number of anilines is 1. The number of ether oxygens (including phenoxy) is 1. The molecule has 4 heteroatoms. The molecule has 2 aromatic carbocycles. The van der Waals surface area contributed by atoms with Crippen molar-refractivity contribution in [2.45, 2.75) is 20.4 Å². The average molecular weight is 277 g/mol. The molecule has 0 amide bonds. The van der Waals surface area contributed by atoms with E-state index >= 15 is 0 Å². The highest BCUT2D eigenvalue weighted by Crippen LogP contribution is 2.22. The summed E-state index contributed by atoms with van der Waals surface area (Å²) in [6.07, 6.45) is 0. The molecule has 0 aliphatic rings. The molecule has 0 aromatic heterocycles. The number of hydrogen-bond donors (Lipinski definition) is 1. The maximum absolute atomic E-state index is 13.5. The summed E-state index contributed by atoms with van der Waals surface area (Å²) in [6.45, 7) is 4.71. The Hall–Kier alpha value is -2.10. The summed E-state index contributed by atoms with van der Waals surface area (Å²) in [5.74, 6) is -0.830. The van der Waals surface area contributed by atoms with E-state index in [-0.39, 0.29) is 6.54 Å². The van der Waals surface area contributed by atoms with Crippen molar-refractivity contribution in [3.63, 3.8) is 0 Å². The summed E-state index contributed by atoms with van der Waals surface area (Å²) in [6, 6.07) is 9.81. The Kier molecular flexibility index (Phi) is 4.56. The van der Waals surface area contributed by atoms with Crippen LogP contribution in [0.15, 0.2) is 36.4 Å². The minimum atomic E-state index is -0.826. The molecular weight excluding hydrogens is 260 g/mol. The second kappa shape index (κ2) is 6.37. The SMILES string of the molecule is CCOc1ccc(NCc2cccc(F)c2F)c(C)c1. The van der Waals surface area contributed by atoms with Crippen molar-refractivity contribution in [1.29, 1.82) is 0 Å². The van der Waals surface area contributed by atoms with E-state index in [4.69, 9.17) is 4.74 Å². The van der Waals surface area contributed by atoms with Crippen LogP contribution in [0.5, 0.6) is 5.75 Å². The Morgan fingerprint density at radius 1 is 1.15 bits per heavy atom. The molecule has 0 unspecified atom stereocenters. The van der Waals surface area contributed by atoms with Gasteiger partial charge in [-0.25, -0.2) is 8.78 Å². The molecule has 2 rings (SSSR count). The molecule has 0 radical (unpaired) electrons. The summed E-state index contributed by atoms with van der Waals surface area (Å²) in [5.41, 5.74) is 2.17. The van der Waals surface area contributed by atoms with E-state index in [2.05, 4.69) is 5.32 Å². The number of benzene rings is 2. The molecule has 1 N–H and O–H groups in total. The summed E-state index contributed by atoms with van der Waals surface area (Å²) in [5, 5.41) is 3.10. The zero-order valence-electron chi connectivity index (χ0n) is 11.5. The highest BCUT2D eigenvalue weighted by molar-refractivity contribution is 5.53. The zero-order chi connectivity index (χ0) is 14.5. The van der Waals surface area contributed by atoms with Crippen LogP contribution < -0.4 is 10.1 Å². The predicted molar refractivity (Wildman–Crippen MR) is 76.0 cm³/mol. The van der Waals surface area contributed by atoms with E-state index in [1.165, 1.54) is 6.07 Å². The van der Waals surface area contributed by atoms with E-state index in [1.807, 2.05) is 32.0 Å². The van der Waals surface area contributed by atoms with Crippen LogP contribution >= 0.6 is 0 Å². The van der Waals surface area contributed by atoms with Crippen LogP contribution in [0.25, 0.3) is 0 Å². The van der Waals surface area contributed by atoms with Crippen molar-refractivity contribution in [2.24, 2.45) is 0 Å². The van der Waals surface area contributed by atoms with Crippen molar-refractivity contribution < 1.29 is 13.5 Å². The second-order valence-corrected chi connectivity index (χ2v) is 4.48. The summed E-state index contributed by atoms with van der Waals surface area (Å²) in [7, 11) is 0. The molecule has 0 atom stereocenters. The van der Waals surface area contributed by atoms with Gasteiger partial charge in [-0.3, -0.25) is 0 Å². The van der Waals surface area contributed by atoms with Gasteiger partial charge in [-0.05, 0) is 43.7 Å². The monoisotopic (exact) mass is 277 g/mol. The minimum Gasteiger partial charge on any atom is -0.494 e. The van der Waals surface area contributed by atoms with Gasteiger partial charge in [0.25, 0.3) is 0 Å². The number of rotatable bonds is 5. The molecule has 2 aromatic rings. The van der Waals surface area contributed by atoms with Crippen LogP contribution in [-0.4, -0.2) is 6.61 Å². The maximum Gasteiger partial charge on any atom is 0.163 e. The Balaban J connectivity index is 2.09. The molecule has 0 fully saturated rings. The van der Waals surface area contributed by atoms with Crippen molar-refractivity contribution in [3.8, 4) is 5.75 Å². The van der Waals surface area contributed by atoms with Crippen molar-refractivity contribution in [2.75, 3.05) is 11.9 Å². The van der Waals surface area contributed by atoms with Crippen LogP contribution in [0.4, 0.5) is 14.5 Å². The number of aryl methyl sites for hydroxylation is 1. The Bertz CT molecular complexity index is 599. The Morgan fingerprint density at radius 3 is 2.65 bits per heavy atom. The van der Waals surface area contributed by atoms with Gasteiger partial charge in [0.2, 0.25) is 0 Å². The highest BCUT2D eigenvalue weighted by atomic mass is 19.2. The molecule has 0 aliphatic heterocycles. The van der Waals surface area contributed by atoms with E-state index in [0.29, 0.717) is 12.2 Å². The molecule has 0 heterocycles. The first kappa shape index (κ1) is 14.3. The molecule has 0 bridgehead atoms. The normalized spacial score (nSPS) is 10.4. The van der Waals surface area contributed by atoms with E-state index in [9.17, 15) is 8.78 Å². The first-order valence-electron chi connectivity index (χ1n) is 6.52. The molecule has 20 heavy (non-hydrogen) atoms. The quantitative estimate of drug-likeness (QED) is 0.880. The van der Waals surface area contributed by atoms with E-state index in [0.717, 1.165) is 23.1 Å². The standard InChI is InChI=1S/C16H17F2NO/c1-3-20-13-7-8-15(11(2)9-13)19-10-12-5-4-6-14(17)16(12)18/h4-9,19H,3,10H2,1-2H3. The number of halogens is 2. The molecule has 0 saturated heterocycles. The van der Waals surface area contributed by atoms with Crippen LogP contribution in [0.1, 0.15) is 18.1 Å². The minimum absolute atomic E-state index is 0.235. The average Bonchev–Trinajstić information content (AvgIpc) is 2.42. The van der Waals surface area contributed by atoms with Gasteiger partial charge >= 0.3 is 0 Å². The summed E-state index contributed by atoms with van der Waals surface area (Å²) < 4.78 is 32.0. The smallest absolute Gasteiger partial charge is 0.163 e. The van der Waals surface area contributed by atoms with Crippen LogP contribution in [0, 0.1) is 18.6 Å². The number of nitrogens with one attached hydrogen (secondary N) is 1. The first-order chi connectivity index (χ1) is 9.61. The van der Waals surface area contributed by atoms with Crippen molar-refractivity contribution in [3.05, 3.63) is 59.2 Å². The van der Waals surface area contributed by atoms with E-state index < -0.39 is 11.6 Å². The fourth-order valence-electron chi connectivity index (χ4n) is 1.97. The molecule has 0 spiro atoms. The van der Waals surface area contributed by atoms with Gasteiger partial charge < -0.3 is 10.1 Å². The lowest BCUT2D eigenvalue weighted by Crippen LogP contribution is -2.04. The first-order valence-corrected chi connectivity index (χ1v) is 6.52. The van der Waals surface area contributed by atoms with Gasteiger partial charge in [0.15, 0.2) is 11.6 Å². The van der Waals surface area contributed by atoms with Gasteiger partial charge in [-0.15, -0.1) is 0 Å². The van der Waals surface area contributed by atoms with Crippen LogP contribution in [0.3, 0.4) is 0 Å². The highest BCUT2D eigenvalue weighted by Gasteiger charge is 2.08. The van der Waals surface area contributed by atoms with Crippen LogP contribution in [0.2, 0.25) is 0 Å². The number of hydrogen-bond acceptors (Lipinski definition) is 2. The lowest BCUT2D eigenvalue weighted by molar-refractivity contribution is 0.340. The van der Waals surface area contributed by atoms with Gasteiger partial charge in [0.1, 0.15) is 5.75 Å². The summed E-state index contributed by atoms with van der Waals surface area (Å²) in [4.78, 5) is 0. The molecule has 106 valence electrons. The largest absolute Gasteiger partial charge is 0.494 e. The lowest BCUT2D eigenvalue weighted by atomic mass is 10.1. The molecule has 0 saturated carbocycles. The predicted octanol–water partition coefficient (Wildman–Crippen LogP) is 4.28. The maximum atomic E-state index is 13.5. The second-order valence-electron chi connectivity index (χ2n) is 4.48. The van der Waals surface area contributed by atoms with Gasteiger partial charge in [-0.1, -0.05) is 12.1 Å². The van der Waals surface area contributed by atoms with Crippen molar-refractivity contribution >= 4 is 5.69 Å². The van der Waals surface area contributed by atoms with Gasteiger partial charge in [0, 0.05) is 17.8 Å². The fourth-order valence-corrected chi connectivity index (χ4v) is 1.97.